The van der Waals surface area contributed by atoms with Crippen LogP contribution < -0.4 is 11.1 Å². The molecule has 1 aromatic rings. The topological polar surface area (TPSA) is 55.1 Å². The Balaban J connectivity index is 1.91. The van der Waals surface area contributed by atoms with Crippen molar-refractivity contribution in [1.29, 1.82) is 0 Å². The molecule has 0 radical (unpaired) electrons. The summed E-state index contributed by atoms with van der Waals surface area (Å²) in [6.07, 6.45) is 2.50. The molecule has 0 spiro atoms. The first-order valence-electron chi connectivity index (χ1n) is 6.03. The molecule has 2 rings (SSSR count). The van der Waals surface area contributed by atoms with Crippen molar-refractivity contribution in [1.82, 2.24) is 5.32 Å². The molecule has 1 fully saturated rings. The molecule has 1 aliphatic rings. The maximum Gasteiger partial charge on any atom is 0.223 e. The van der Waals surface area contributed by atoms with Gasteiger partial charge in [0, 0.05) is 23.0 Å². The third kappa shape index (κ3) is 3.29. The van der Waals surface area contributed by atoms with Crippen LogP contribution in [0.15, 0.2) is 22.7 Å². The van der Waals surface area contributed by atoms with E-state index in [0.717, 1.165) is 29.3 Å². The Hall–Kier alpha value is -0.940. The number of benzene rings is 1. The van der Waals surface area contributed by atoms with Crippen LogP contribution in [0.4, 0.5) is 4.39 Å². The van der Waals surface area contributed by atoms with Crippen LogP contribution in [0, 0.1) is 11.7 Å². The molecule has 0 aliphatic heterocycles. The maximum atomic E-state index is 13.1. The minimum atomic E-state index is -0.301. The van der Waals surface area contributed by atoms with Gasteiger partial charge in [-0.2, -0.15) is 0 Å². The molecule has 1 aliphatic carbocycles. The van der Waals surface area contributed by atoms with E-state index < -0.39 is 0 Å². The third-order valence-corrected chi connectivity index (χ3v) is 4.08. The fourth-order valence-corrected chi connectivity index (χ4v) is 2.65. The Morgan fingerprint density at radius 2 is 2.28 bits per heavy atom. The molecule has 18 heavy (non-hydrogen) atoms. The zero-order valence-electron chi connectivity index (χ0n) is 9.96. The number of nitrogens with two attached hydrogens (primary N) is 1. The Kier molecular flexibility index (Phi) is 4.35. The summed E-state index contributed by atoms with van der Waals surface area (Å²) >= 11 is 3.34. The fourth-order valence-electron chi connectivity index (χ4n) is 2.26. The summed E-state index contributed by atoms with van der Waals surface area (Å²) in [4.78, 5) is 11.9. The van der Waals surface area contributed by atoms with Crippen molar-refractivity contribution in [2.24, 2.45) is 11.7 Å². The smallest absolute Gasteiger partial charge is 0.223 e. The number of nitrogens with one attached hydrogen (secondary N) is 1. The molecule has 1 amide bonds. The Labute approximate surface area is 114 Å². The molecule has 0 saturated heterocycles. The number of rotatable bonds is 3. The fraction of sp³-hybridized carbons (Fsp3) is 0.462. The number of hydrogen-bond donors (Lipinski definition) is 2. The van der Waals surface area contributed by atoms with E-state index in [-0.39, 0.29) is 23.7 Å². The number of halogens is 2. The van der Waals surface area contributed by atoms with Crippen molar-refractivity contribution in [3.63, 3.8) is 0 Å². The third-order valence-electron chi connectivity index (χ3n) is 3.30. The molecular formula is C13H16BrFN2O. The second-order valence-electron chi connectivity index (χ2n) is 4.72. The van der Waals surface area contributed by atoms with Gasteiger partial charge in [0.2, 0.25) is 5.91 Å². The lowest BCUT2D eigenvalue weighted by Crippen LogP contribution is -2.30. The van der Waals surface area contributed by atoms with Gasteiger partial charge in [-0.15, -0.1) is 0 Å². The van der Waals surface area contributed by atoms with Crippen LogP contribution in [0.25, 0.3) is 0 Å². The highest BCUT2D eigenvalue weighted by Gasteiger charge is 2.27. The molecule has 98 valence electrons. The average molecular weight is 315 g/mol. The van der Waals surface area contributed by atoms with E-state index in [2.05, 4.69) is 21.2 Å². The van der Waals surface area contributed by atoms with Gasteiger partial charge in [0.05, 0.1) is 0 Å². The number of carbonyl (C=O) groups is 1. The summed E-state index contributed by atoms with van der Waals surface area (Å²) in [7, 11) is 0. The van der Waals surface area contributed by atoms with E-state index in [4.69, 9.17) is 5.73 Å². The van der Waals surface area contributed by atoms with Crippen molar-refractivity contribution in [2.45, 2.75) is 31.8 Å². The standard InChI is InChI=1S/C13H16BrFN2O/c14-12-4-2-10(15)5-9(12)7-17-13(18)8-1-3-11(16)6-8/h2,4-5,8,11H,1,3,6-7,16H2,(H,17,18). The van der Waals surface area contributed by atoms with Gasteiger partial charge in [-0.25, -0.2) is 4.39 Å². The molecule has 2 unspecified atom stereocenters. The van der Waals surface area contributed by atoms with Gasteiger partial charge in [0.15, 0.2) is 0 Å². The van der Waals surface area contributed by atoms with E-state index in [0.29, 0.717) is 6.54 Å². The van der Waals surface area contributed by atoms with E-state index in [1.807, 2.05) is 0 Å². The van der Waals surface area contributed by atoms with Gasteiger partial charge < -0.3 is 11.1 Å². The number of hydrogen-bond acceptors (Lipinski definition) is 2. The average Bonchev–Trinajstić information content (AvgIpc) is 2.77. The van der Waals surface area contributed by atoms with Crippen LogP contribution in [0.3, 0.4) is 0 Å². The van der Waals surface area contributed by atoms with Crippen molar-refractivity contribution >= 4 is 21.8 Å². The lowest BCUT2D eigenvalue weighted by Gasteiger charge is -2.11. The summed E-state index contributed by atoms with van der Waals surface area (Å²) in [6.45, 7) is 0.336. The quantitative estimate of drug-likeness (QED) is 0.899. The molecular weight excluding hydrogens is 299 g/mol. The summed E-state index contributed by atoms with van der Waals surface area (Å²) in [6, 6.07) is 4.58. The van der Waals surface area contributed by atoms with Gasteiger partial charge in [0.1, 0.15) is 5.82 Å². The molecule has 1 saturated carbocycles. The molecule has 2 atom stereocenters. The first-order chi connectivity index (χ1) is 8.56. The molecule has 0 aromatic heterocycles. The predicted molar refractivity (Wildman–Crippen MR) is 71.3 cm³/mol. The van der Waals surface area contributed by atoms with Crippen LogP contribution in [-0.4, -0.2) is 11.9 Å². The maximum absolute atomic E-state index is 13.1. The second kappa shape index (κ2) is 5.80. The number of carbonyl (C=O) groups excluding carboxylic acids is 1. The summed E-state index contributed by atoms with van der Waals surface area (Å²) in [5, 5.41) is 2.84. The summed E-state index contributed by atoms with van der Waals surface area (Å²) in [5.41, 5.74) is 6.52. The van der Waals surface area contributed by atoms with Crippen molar-refractivity contribution in [3.05, 3.63) is 34.1 Å². The first-order valence-corrected chi connectivity index (χ1v) is 6.83. The molecule has 3 nitrogen and oxygen atoms in total. The largest absolute Gasteiger partial charge is 0.352 e. The summed E-state index contributed by atoms with van der Waals surface area (Å²) in [5.74, 6) is -0.281. The van der Waals surface area contributed by atoms with Crippen molar-refractivity contribution in [3.8, 4) is 0 Å². The van der Waals surface area contributed by atoms with Crippen LogP contribution in [0.5, 0.6) is 0 Å². The zero-order chi connectivity index (χ0) is 13.1. The highest BCUT2D eigenvalue weighted by atomic mass is 79.9. The lowest BCUT2D eigenvalue weighted by atomic mass is 10.1. The van der Waals surface area contributed by atoms with Gasteiger partial charge >= 0.3 is 0 Å². The molecule has 3 N–H and O–H groups in total. The predicted octanol–water partition coefficient (Wildman–Crippen LogP) is 2.33. The SMILES string of the molecule is NC1CCC(C(=O)NCc2cc(F)ccc2Br)C1. The van der Waals surface area contributed by atoms with Gasteiger partial charge in [-0.3, -0.25) is 4.79 Å². The molecule has 1 aromatic carbocycles. The van der Waals surface area contributed by atoms with Gasteiger partial charge in [0.25, 0.3) is 0 Å². The van der Waals surface area contributed by atoms with Crippen LogP contribution in [-0.2, 0) is 11.3 Å². The molecule has 5 heteroatoms. The van der Waals surface area contributed by atoms with E-state index in [1.165, 1.54) is 12.1 Å². The number of amides is 1. The van der Waals surface area contributed by atoms with Crippen molar-refractivity contribution in [2.75, 3.05) is 0 Å². The van der Waals surface area contributed by atoms with E-state index in [9.17, 15) is 9.18 Å². The highest BCUT2D eigenvalue weighted by Crippen LogP contribution is 2.24. The Morgan fingerprint density at radius 1 is 1.50 bits per heavy atom. The van der Waals surface area contributed by atoms with Crippen molar-refractivity contribution < 1.29 is 9.18 Å². The normalized spacial score (nSPS) is 23.1. The Morgan fingerprint density at radius 3 is 2.94 bits per heavy atom. The van der Waals surface area contributed by atoms with Crippen LogP contribution in [0.2, 0.25) is 0 Å². The summed E-state index contributed by atoms with van der Waals surface area (Å²) < 4.78 is 13.9. The van der Waals surface area contributed by atoms with Gasteiger partial charge in [-0.1, -0.05) is 15.9 Å². The van der Waals surface area contributed by atoms with E-state index >= 15 is 0 Å². The molecule has 0 bridgehead atoms. The van der Waals surface area contributed by atoms with E-state index in [1.54, 1.807) is 6.07 Å². The lowest BCUT2D eigenvalue weighted by molar-refractivity contribution is -0.125. The molecule has 0 heterocycles. The zero-order valence-corrected chi connectivity index (χ0v) is 11.5. The first kappa shape index (κ1) is 13.5. The minimum Gasteiger partial charge on any atom is -0.352 e. The van der Waals surface area contributed by atoms with Crippen LogP contribution >= 0.6 is 15.9 Å². The minimum absolute atomic E-state index is 0.00679. The second-order valence-corrected chi connectivity index (χ2v) is 5.58. The van der Waals surface area contributed by atoms with Gasteiger partial charge in [-0.05, 0) is 43.0 Å². The monoisotopic (exact) mass is 314 g/mol. The Bertz CT molecular complexity index is 453. The highest BCUT2D eigenvalue weighted by molar-refractivity contribution is 9.10. The van der Waals surface area contributed by atoms with Crippen LogP contribution in [0.1, 0.15) is 24.8 Å².